The average Bonchev–Trinajstić information content (AvgIpc) is 2.90. The van der Waals surface area contributed by atoms with Crippen LogP contribution in [0.1, 0.15) is 31.2 Å². The summed E-state index contributed by atoms with van der Waals surface area (Å²) in [5.74, 6) is -0.441. The Labute approximate surface area is 81.7 Å². The van der Waals surface area contributed by atoms with Crippen LogP contribution >= 0.6 is 0 Å². The smallest absolute Gasteiger partial charge is 0.308 e. The van der Waals surface area contributed by atoms with Gasteiger partial charge in [-0.3, -0.25) is 4.79 Å². The Hall–Kier alpha value is -1.38. The maximum atomic E-state index is 13.3. The summed E-state index contributed by atoms with van der Waals surface area (Å²) in [7, 11) is 0. The van der Waals surface area contributed by atoms with E-state index >= 15 is 0 Å². The molecule has 0 atom stereocenters. The summed E-state index contributed by atoms with van der Waals surface area (Å²) >= 11 is 0. The van der Waals surface area contributed by atoms with E-state index in [1.54, 1.807) is 6.07 Å². The first kappa shape index (κ1) is 9.19. The van der Waals surface area contributed by atoms with Crippen LogP contribution in [0.15, 0.2) is 18.2 Å². The number of benzene rings is 1. The maximum Gasteiger partial charge on any atom is 0.308 e. The molecule has 1 aromatic rings. The van der Waals surface area contributed by atoms with Gasteiger partial charge in [0, 0.05) is 12.5 Å². The van der Waals surface area contributed by atoms with Gasteiger partial charge < -0.3 is 4.74 Å². The highest BCUT2D eigenvalue weighted by atomic mass is 19.1. The molecule has 2 rings (SSSR count). The van der Waals surface area contributed by atoms with Crippen LogP contribution in [0.25, 0.3) is 0 Å². The third-order valence-corrected chi connectivity index (χ3v) is 2.26. The van der Waals surface area contributed by atoms with Gasteiger partial charge in [-0.05, 0) is 24.8 Å². The summed E-state index contributed by atoms with van der Waals surface area (Å²) in [6.45, 7) is 1.28. The molecule has 1 aliphatic rings. The molecule has 0 unspecified atom stereocenters. The van der Waals surface area contributed by atoms with Crippen molar-refractivity contribution in [1.29, 1.82) is 0 Å². The Bertz CT molecular complexity index is 370. The summed E-state index contributed by atoms with van der Waals surface area (Å²) in [4.78, 5) is 10.8. The Kier molecular flexibility index (Phi) is 2.23. The van der Waals surface area contributed by atoms with Gasteiger partial charge in [-0.25, -0.2) is 4.39 Å². The SMILES string of the molecule is CC(=O)Oc1c(F)cccc1C1CC1. The van der Waals surface area contributed by atoms with E-state index in [4.69, 9.17) is 4.74 Å². The molecule has 0 N–H and O–H groups in total. The summed E-state index contributed by atoms with van der Waals surface area (Å²) in [6, 6.07) is 4.78. The molecule has 3 heteroatoms. The molecule has 1 aliphatic carbocycles. The Balaban J connectivity index is 2.37. The number of para-hydroxylation sites is 1. The summed E-state index contributed by atoms with van der Waals surface area (Å²) < 4.78 is 18.2. The monoisotopic (exact) mass is 194 g/mol. The van der Waals surface area contributed by atoms with E-state index in [-0.39, 0.29) is 5.75 Å². The molecule has 14 heavy (non-hydrogen) atoms. The van der Waals surface area contributed by atoms with Crippen molar-refractivity contribution in [2.75, 3.05) is 0 Å². The van der Waals surface area contributed by atoms with Gasteiger partial charge in [0.25, 0.3) is 0 Å². The van der Waals surface area contributed by atoms with Crippen molar-refractivity contribution in [1.82, 2.24) is 0 Å². The van der Waals surface area contributed by atoms with Crippen molar-refractivity contribution >= 4 is 5.97 Å². The minimum atomic E-state index is -0.475. The highest BCUT2D eigenvalue weighted by molar-refractivity contribution is 5.70. The lowest BCUT2D eigenvalue weighted by Gasteiger charge is -2.08. The molecule has 1 saturated carbocycles. The molecule has 1 aromatic carbocycles. The first-order chi connectivity index (χ1) is 6.68. The van der Waals surface area contributed by atoms with E-state index in [2.05, 4.69) is 0 Å². The van der Waals surface area contributed by atoms with Crippen LogP contribution in [-0.4, -0.2) is 5.97 Å². The van der Waals surface area contributed by atoms with Crippen molar-refractivity contribution in [3.8, 4) is 5.75 Å². The van der Waals surface area contributed by atoms with Crippen molar-refractivity contribution in [2.24, 2.45) is 0 Å². The lowest BCUT2D eigenvalue weighted by molar-refractivity contribution is -0.132. The summed E-state index contributed by atoms with van der Waals surface area (Å²) in [6.07, 6.45) is 2.11. The molecule has 0 aromatic heterocycles. The van der Waals surface area contributed by atoms with Crippen LogP contribution in [-0.2, 0) is 4.79 Å². The number of carbonyl (C=O) groups excluding carboxylic acids is 1. The van der Waals surface area contributed by atoms with Crippen LogP contribution < -0.4 is 4.74 Å². The highest BCUT2D eigenvalue weighted by Crippen LogP contribution is 2.44. The van der Waals surface area contributed by atoms with E-state index in [9.17, 15) is 9.18 Å². The largest absolute Gasteiger partial charge is 0.423 e. The third-order valence-electron chi connectivity index (χ3n) is 2.26. The molecule has 0 heterocycles. The van der Waals surface area contributed by atoms with Gasteiger partial charge in [0.2, 0.25) is 0 Å². The van der Waals surface area contributed by atoms with E-state index in [1.165, 1.54) is 13.0 Å². The van der Waals surface area contributed by atoms with Gasteiger partial charge in [-0.2, -0.15) is 0 Å². The van der Waals surface area contributed by atoms with Crippen LogP contribution in [0.3, 0.4) is 0 Å². The molecule has 74 valence electrons. The van der Waals surface area contributed by atoms with Crippen LogP contribution in [0.2, 0.25) is 0 Å². The lowest BCUT2D eigenvalue weighted by Crippen LogP contribution is -2.05. The second-order valence-electron chi connectivity index (χ2n) is 3.53. The maximum absolute atomic E-state index is 13.3. The van der Waals surface area contributed by atoms with Crippen molar-refractivity contribution in [2.45, 2.75) is 25.7 Å². The number of halogens is 1. The number of hydrogen-bond acceptors (Lipinski definition) is 2. The number of hydrogen-bond donors (Lipinski definition) is 0. The fraction of sp³-hybridized carbons (Fsp3) is 0.364. The van der Waals surface area contributed by atoms with Gasteiger partial charge in [0.15, 0.2) is 11.6 Å². The van der Waals surface area contributed by atoms with E-state index in [0.29, 0.717) is 5.92 Å². The van der Waals surface area contributed by atoms with E-state index in [1.807, 2.05) is 6.07 Å². The predicted molar refractivity (Wildman–Crippen MR) is 49.7 cm³/mol. The Morgan fingerprint density at radius 2 is 2.21 bits per heavy atom. The molecule has 0 radical (unpaired) electrons. The predicted octanol–water partition coefficient (Wildman–Crippen LogP) is 2.63. The quantitative estimate of drug-likeness (QED) is 0.534. The molecular formula is C11H11FO2. The van der Waals surface area contributed by atoms with Gasteiger partial charge in [0.05, 0.1) is 0 Å². The summed E-state index contributed by atoms with van der Waals surface area (Å²) in [5, 5.41) is 0. The Morgan fingerprint density at radius 1 is 1.50 bits per heavy atom. The second kappa shape index (κ2) is 3.40. The minimum Gasteiger partial charge on any atom is -0.423 e. The van der Waals surface area contributed by atoms with Crippen molar-refractivity contribution < 1.29 is 13.9 Å². The number of ether oxygens (including phenoxy) is 1. The van der Waals surface area contributed by atoms with Crippen molar-refractivity contribution in [3.05, 3.63) is 29.6 Å². The Morgan fingerprint density at radius 3 is 2.79 bits per heavy atom. The van der Waals surface area contributed by atoms with Crippen LogP contribution in [0, 0.1) is 5.82 Å². The van der Waals surface area contributed by atoms with Gasteiger partial charge in [0.1, 0.15) is 0 Å². The topological polar surface area (TPSA) is 26.3 Å². The zero-order valence-corrected chi connectivity index (χ0v) is 7.92. The van der Waals surface area contributed by atoms with Gasteiger partial charge in [-0.15, -0.1) is 0 Å². The zero-order chi connectivity index (χ0) is 10.1. The molecule has 0 aliphatic heterocycles. The normalized spacial score (nSPS) is 15.3. The number of esters is 1. The lowest BCUT2D eigenvalue weighted by atomic mass is 10.1. The second-order valence-corrected chi connectivity index (χ2v) is 3.53. The first-order valence-corrected chi connectivity index (χ1v) is 4.65. The number of rotatable bonds is 2. The highest BCUT2D eigenvalue weighted by Gasteiger charge is 2.28. The molecule has 0 bridgehead atoms. The van der Waals surface area contributed by atoms with Gasteiger partial charge >= 0.3 is 5.97 Å². The molecule has 0 amide bonds. The van der Waals surface area contributed by atoms with Crippen LogP contribution in [0.5, 0.6) is 5.75 Å². The minimum absolute atomic E-state index is 0.113. The fourth-order valence-corrected chi connectivity index (χ4v) is 1.49. The number of carbonyl (C=O) groups is 1. The van der Waals surface area contributed by atoms with E-state index in [0.717, 1.165) is 18.4 Å². The average molecular weight is 194 g/mol. The standard InChI is InChI=1S/C11H11FO2/c1-7(13)14-11-9(8-5-6-8)3-2-4-10(11)12/h2-4,8H,5-6H2,1H3. The fourth-order valence-electron chi connectivity index (χ4n) is 1.49. The van der Waals surface area contributed by atoms with Crippen LogP contribution in [0.4, 0.5) is 4.39 Å². The molecule has 0 spiro atoms. The van der Waals surface area contributed by atoms with Gasteiger partial charge in [-0.1, -0.05) is 12.1 Å². The van der Waals surface area contributed by atoms with E-state index < -0.39 is 11.8 Å². The molecule has 0 saturated heterocycles. The molecule has 1 fully saturated rings. The first-order valence-electron chi connectivity index (χ1n) is 4.65. The molecule has 2 nitrogen and oxygen atoms in total. The third kappa shape index (κ3) is 1.76. The molecular weight excluding hydrogens is 183 g/mol. The summed E-state index contributed by atoms with van der Waals surface area (Å²) in [5.41, 5.74) is 0.820. The zero-order valence-electron chi connectivity index (χ0n) is 7.92. The van der Waals surface area contributed by atoms with Crippen molar-refractivity contribution in [3.63, 3.8) is 0 Å².